The van der Waals surface area contributed by atoms with Crippen LogP contribution in [0.5, 0.6) is 0 Å². The number of methoxy groups -OCH3 is 1. The summed E-state index contributed by atoms with van der Waals surface area (Å²) in [5.74, 6) is 0.484. The molecule has 1 unspecified atom stereocenters. The monoisotopic (exact) mass is 186 g/mol. The van der Waals surface area contributed by atoms with E-state index in [2.05, 4.69) is 0 Å². The Morgan fingerprint density at radius 2 is 2.00 bits per heavy atom. The predicted octanol–water partition coefficient (Wildman–Crippen LogP) is 0.953. The molecule has 1 aliphatic heterocycles. The van der Waals surface area contributed by atoms with E-state index in [1.54, 1.807) is 7.11 Å². The average Bonchev–Trinajstić information content (AvgIpc) is 3.01. The quantitative estimate of drug-likeness (QED) is 0.713. The lowest BCUT2D eigenvalue weighted by molar-refractivity contribution is -0.158. The zero-order valence-electron chi connectivity index (χ0n) is 8.16. The molecule has 3 heteroatoms. The molecule has 76 valence electrons. The molecule has 0 aromatic rings. The van der Waals surface area contributed by atoms with Gasteiger partial charge in [-0.05, 0) is 18.8 Å². The molecular weight excluding hydrogens is 168 g/mol. The molecule has 2 aliphatic rings. The molecule has 1 aliphatic carbocycles. The summed E-state index contributed by atoms with van der Waals surface area (Å²) >= 11 is 0. The second kappa shape index (κ2) is 3.56. The van der Waals surface area contributed by atoms with Gasteiger partial charge in [0.15, 0.2) is 0 Å². The lowest BCUT2D eigenvalue weighted by Gasteiger charge is -2.39. The summed E-state index contributed by atoms with van der Waals surface area (Å²) in [7, 11) is 1.71. The minimum atomic E-state index is -0.306. The van der Waals surface area contributed by atoms with Gasteiger partial charge in [-0.15, -0.1) is 0 Å². The van der Waals surface area contributed by atoms with Crippen LogP contribution in [0.4, 0.5) is 0 Å². The molecular formula is C10H18O3. The molecule has 0 spiro atoms. The lowest BCUT2D eigenvalue weighted by atomic mass is 9.85. The number of ether oxygens (including phenoxy) is 2. The highest BCUT2D eigenvalue weighted by Crippen LogP contribution is 2.42. The largest absolute Gasteiger partial charge is 0.390 e. The van der Waals surface area contributed by atoms with Gasteiger partial charge in [-0.2, -0.15) is 0 Å². The molecule has 1 heterocycles. The number of hydrogen-bond donors (Lipinski definition) is 1. The number of rotatable bonds is 3. The van der Waals surface area contributed by atoms with Crippen molar-refractivity contribution in [3.05, 3.63) is 0 Å². The zero-order chi connectivity index (χ0) is 9.31. The summed E-state index contributed by atoms with van der Waals surface area (Å²) < 4.78 is 10.8. The molecule has 0 aromatic heterocycles. The second-order valence-electron chi connectivity index (χ2n) is 4.16. The van der Waals surface area contributed by atoms with E-state index in [9.17, 15) is 5.11 Å². The first kappa shape index (κ1) is 9.44. The van der Waals surface area contributed by atoms with Crippen molar-refractivity contribution in [3.8, 4) is 0 Å². The Balaban J connectivity index is 2.02. The van der Waals surface area contributed by atoms with Crippen molar-refractivity contribution >= 4 is 0 Å². The predicted molar refractivity (Wildman–Crippen MR) is 48.5 cm³/mol. The molecule has 0 radical (unpaired) electrons. The summed E-state index contributed by atoms with van der Waals surface area (Å²) in [5, 5.41) is 10.1. The van der Waals surface area contributed by atoms with Crippen LogP contribution < -0.4 is 0 Å². The Labute approximate surface area is 79.0 Å². The van der Waals surface area contributed by atoms with Crippen molar-refractivity contribution in [1.29, 1.82) is 0 Å². The Bertz CT molecular complexity index is 171. The van der Waals surface area contributed by atoms with Crippen LogP contribution in [0.2, 0.25) is 0 Å². The van der Waals surface area contributed by atoms with Gasteiger partial charge in [-0.25, -0.2) is 0 Å². The van der Waals surface area contributed by atoms with Crippen molar-refractivity contribution in [3.63, 3.8) is 0 Å². The molecule has 1 saturated carbocycles. The van der Waals surface area contributed by atoms with Crippen molar-refractivity contribution in [2.45, 2.75) is 37.4 Å². The average molecular weight is 186 g/mol. The number of aliphatic hydroxyl groups is 1. The lowest BCUT2D eigenvalue weighted by Crippen LogP contribution is -2.49. The first-order chi connectivity index (χ1) is 6.28. The number of hydrogen-bond acceptors (Lipinski definition) is 3. The zero-order valence-corrected chi connectivity index (χ0v) is 8.16. The van der Waals surface area contributed by atoms with Crippen LogP contribution in [0.15, 0.2) is 0 Å². The summed E-state index contributed by atoms with van der Waals surface area (Å²) in [6.45, 7) is 1.44. The highest BCUT2D eigenvalue weighted by molar-refractivity contribution is 4.97. The molecule has 0 bridgehead atoms. The standard InChI is InChI=1S/C10H18O3/c1-12-10(4-6-13-7-5-10)9(11)8-2-3-8/h8-9,11H,2-7H2,1H3. The topological polar surface area (TPSA) is 38.7 Å². The molecule has 1 saturated heterocycles. The van der Waals surface area contributed by atoms with E-state index < -0.39 is 0 Å². The van der Waals surface area contributed by atoms with Crippen LogP contribution in [0, 0.1) is 5.92 Å². The van der Waals surface area contributed by atoms with Gasteiger partial charge < -0.3 is 14.6 Å². The Morgan fingerprint density at radius 3 is 2.46 bits per heavy atom. The minimum absolute atomic E-state index is 0.276. The summed E-state index contributed by atoms with van der Waals surface area (Å²) in [5.41, 5.74) is -0.306. The van der Waals surface area contributed by atoms with Gasteiger partial charge in [-0.3, -0.25) is 0 Å². The van der Waals surface area contributed by atoms with Crippen LogP contribution in [0.3, 0.4) is 0 Å². The Hall–Kier alpha value is -0.120. The Kier molecular flexibility index (Phi) is 2.58. The van der Waals surface area contributed by atoms with Gasteiger partial charge >= 0.3 is 0 Å². The fourth-order valence-electron chi connectivity index (χ4n) is 2.18. The van der Waals surface area contributed by atoms with Gasteiger partial charge in [0.05, 0.1) is 11.7 Å². The van der Waals surface area contributed by atoms with Gasteiger partial charge in [0.2, 0.25) is 0 Å². The third kappa shape index (κ3) is 1.73. The summed E-state index contributed by atoms with van der Waals surface area (Å²) in [6, 6.07) is 0. The van der Waals surface area contributed by atoms with E-state index in [0.29, 0.717) is 5.92 Å². The Morgan fingerprint density at radius 1 is 1.38 bits per heavy atom. The molecule has 0 amide bonds. The summed E-state index contributed by atoms with van der Waals surface area (Å²) in [4.78, 5) is 0. The number of aliphatic hydroxyl groups excluding tert-OH is 1. The summed E-state index contributed by atoms with van der Waals surface area (Å²) in [6.07, 6.45) is 3.71. The highest BCUT2D eigenvalue weighted by Gasteiger charge is 2.46. The fraction of sp³-hybridized carbons (Fsp3) is 1.00. The third-order valence-corrected chi connectivity index (χ3v) is 3.35. The molecule has 2 fully saturated rings. The van der Waals surface area contributed by atoms with Gasteiger partial charge in [0.25, 0.3) is 0 Å². The molecule has 1 atom stereocenters. The molecule has 13 heavy (non-hydrogen) atoms. The second-order valence-corrected chi connectivity index (χ2v) is 4.16. The smallest absolute Gasteiger partial charge is 0.0982 e. The first-order valence-electron chi connectivity index (χ1n) is 5.09. The van der Waals surface area contributed by atoms with E-state index >= 15 is 0 Å². The molecule has 2 rings (SSSR count). The highest BCUT2D eigenvalue weighted by atomic mass is 16.5. The maximum absolute atomic E-state index is 10.1. The fourth-order valence-corrected chi connectivity index (χ4v) is 2.18. The normalized spacial score (nSPS) is 30.0. The van der Waals surface area contributed by atoms with E-state index in [0.717, 1.165) is 38.9 Å². The van der Waals surface area contributed by atoms with Gasteiger partial charge in [0, 0.05) is 33.2 Å². The van der Waals surface area contributed by atoms with Crippen LogP contribution >= 0.6 is 0 Å². The first-order valence-corrected chi connectivity index (χ1v) is 5.09. The van der Waals surface area contributed by atoms with Crippen LogP contribution in [0.1, 0.15) is 25.7 Å². The van der Waals surface area contributed by atoms with Crippen molar-refractivity contribution in [2.24, 2.45) is 5.92 Å². The van der Waals surface area contributed by atoms with Gasteiger partial charge in [0.1, 0.15) is 0 Å². The van der Waals surface area contributed by atoms with E-state index in [1.165, 1.54) is 0 Å². The van der Waals surface area contributed by atoms with E-state index in [4.69, 9.17) is 9.47 Å². The molecule has 3 nitrogen and oxygen atoms in total. The minimum Gasteiger partial charge on any atom is -0.390 e. The maximum atomic E-state index is 10.1. The third-order valence-electron chi connectivity index (χ3n) is 3.35. The maximum Gasteiger partial charge on any atom is 0.0982 e. The SMILES string of the molecule is COC1(C(O)C2CC2)CCOCC1. The molecule has 0 aromatic carbocycles. The van der Waals surface area contributed by atoms with E-state index in [-0.39, 0.29) is 11.7 Å². The van der Waals surface area contributed by atoms with Crippen LogP contribution in [-0.2, 0) is 9.47 Å². The van der Waals surface area contributed by atoms with Crippen LogP contribution in [-0.4, -0.2) is 37.1 Å². The van der Waals surface area contributed by atoms with Crippen molar-refractivity contribution in [2.75, 3.05) is 20.3 Å². The molecule has 1 N–H and O–H groups in total. The van der Waals surface area contributed by atoms with E-state index in [1.807, 2.05) is 0 Å². The van der Waals surface area contributed by atoms with Crippen LogP contribution in [0.25, 0.3) is 0 Å². The van der Waals surface area contributed by atoms with Gasteiger partial charge in [-0.1, -0.05) is 0 Å². The van der Waals surface area contributed by atoms with Crippen molar-refractivity contribution < 1.29 is 14.6 Å². The van der Waals surface area contributed by atoms with Crippen molar-refractivity contribution in [1.82, 2.24) is 0 Å².